The number of rotatable bonds is 6. The largest absolute Gasteiger partial charge is 0.497 e. The van der Waals surface area contributed by atoms with Crippen LogP contribution in [0.5, 0.6) is 5.75 Å². The zero-order chi connectivity index (χ0) is 17.0. The third kappa shape index (κ3) is 4.21. The highest BCUT2D eigenvalue weighted by molar-refractivity contribution is 5.91. The van der Waals surface area contributed by atoms with Gasteiger partial charge in [-0.1, -0.05) is 12.1 Å². The Morgan fingerprint density at radius 2 is 2.04 bits per heavy atom. The van der Waals surface area contributed by atoms with E-state index in [1.807, 2.05) is 24.3 Å². The van der Waals surface area contributed by atoms with Gasteiger partial charge < -0.3 is 20.1 Å². The number of aliphatic carboxylic acids is 1. The zero-order valence-electron chi connectivity index (χ0n) is 13.1. The number of nitrogens with one attached hydrogen (secondary N) is 1. The summed E-state index contributed by atoms with van der Waals surface area (Å²) in [7, 11) is 1.58. The van der Waals surface area contributed by atoms with E-state index in [0.717, 1.165) is 11.3 Å². The predicted octanol–water partition coefficient (Wildman–Crippen LogP) is 0.633. The molecule has 23 heavy (non-hydrogen) atoms. The average molecular weight is 320 g/mol. The molecule has 0 aromatic heterocycles. The van der Waals surface area contributed by atoms with Crippen molar-refractivity contribution in [1.29, 1.82) is 0 Å². The lowest BCUT2D eigenvalue weighted by atomic mass is 10.1. The first kappa shape index (κ1) is 16.8. The number of likely N-dealkylation sites (tertiary alicyclic amines) is 1. The van der Waals surface area contributed by atoms with Crippen molar-refractivity contribution in [3.8, 4) is 5.75 Å². The van der Waals surface area contributed by atoms with Crippen molar-refractivity contribution >= 4 is 17.8 Å². The van der Waals surface area contributed by atoms with E-state index < -0.39 is 23.8 Å². The number of nitrogens with zero attached hydrogens (tertiary/aromatic N) is 1. The molecule has 2 amide bonds. The zero-order valence-corrected chi connectivity index (χ0v) is 13.1. The minimum Gasteiger partial charge on any atom is -0.497 e. The molecule has 2 N–H and O–H groups in total. The van der Waals surface area contributed by atoms with Crippen molar-refractivity contribution in [3.05, 3.63) is 29.8 Å². The Morgan fingerprint density at radius 3 is 2.61 bits per heavy atom. The maximum Gasteiger partial charge on any atom is 0.325 e. The molecule has 7 nitrogen and oxygen atoms in total. The second-order valence-electron chi connectivity index (χ2n) is 5.59. The van der Waals surface area contributed by atoms with Crippen LogP contribution in [-0.2, 0) is 20.9 Å². The fourth-order valence-corrected chi connectivity index (χ4v) is 2.44. The number of methoxy groups -OCH3 is 1. The van der Waals surface area contributed by atoms with Crippen LogP contribution in [0.2, 0.25) is 0 Å². The second-order valence-corrected chi connectivity index (χ2v) is 5.59. The Bertz CT molecular complexity index is 599. The normalized spacial score (nSPS) is 18.6. The molecule has 124 valence electrons. The summed E-state index contributed by atoms with van der Waals surface area (Å²) in [6.45, 7) is 2.11. The number of carboxylic acid groups (broad SMARTS) is 1. The van der Waals surface area contributed by atoms with Crippen molar-refractivity contribution in [1.82, 2.24) is 10.2 Å². The van der Waals surface area contributed by atoms with Crippen LogP contribution in [0.15, 0.2) is 24.3 Å². The first-order chi connectivity index (χ1) is 10.9. The molecule has 1 aliphatic heterocycles. The lowest BCUT2D eigenvalue weighted by molar-refractivity contribution is -0.141. The van der Waals surface area contributed by atoms with E-state index in [9.17, 15) is 14.4 Å². The summed E-state index contributed by atoms with van der Waals surface area (Å²) >= 11 is 0. The number of carbonyl (C=O) groups excluding carboxylic acids is 2. The van der Waals surface area contributed by atoms with Gasteiger partial charge in [-0.3, -0.25) is 14.4 Å². The minimum absolute atomic E-state index is 0.105. The molecule has 0 radical (unpaired) electrons. The maximum absolute atomic E-state index is 12.0. The summed E-state index contributed by atoms with van der Waals surface area (Å²) in [6.07, 6.45) is 0.105. The Morgan fingerprint density at radius 1 is 1.39 bits per heavy atom. The first-order valence-electron chi connectivity index (χ1n) is 7.34. The van der Waals surface area contributed by atoms with E-state index in [-0.39, 0.29) is 12.3 Å². The summed E-state index contributed by atoms with van der Waals surface area (Å²) in [4.78, 5) is 36.4. The Labute approximate surface area is 134 Å². The van der Waals surface area contributed by atoms with Gasteiger partial charge in [0.2, 0.25) is 11.8 Å². The minimum atomic E-state index is -1.10. The SMILES string of the molecule is COc1ccc(CN2CC(C(=O)NC(C)C(=O)O)CC2=O)cc1. The Hall–Kier alpha value is -2.57. The molecule has 1 saturated heterocycles. The topological polar surface area (TPSA) is 95.9 Å². The molecular weight excluding hydrogens is 300 g/mol. The number of hydrogen-bond donors (Lipinski definition) is 2. The highest BCUT2D eigenvalue weighted by atomic mass is 16.5. The number of benzene rings is 1. The van der Waals surface area contributed by atoms with Gasteiger partial charge in [-0.05, 0) is 24.6 Å². The van der Waals surface area contributed by atoms with Gasteiger partial charge in [0, 0.05) is 19.5 Å². The van der Waals surface area contributed by atoms with Gasteiger partial charge in [0.25, 0.3) is 0 Å². The van der Waals surface area contributed by atoms with E-state index >= 15 is 0 Å². The summed E-state index contributed by atoms with van der Waals surface area (Å²) in [5.74, 6) is -1.38. The second kappa shape index (κ2) is 7.13. The van der Waals surface area contributed by atoms with Gasteiger partial charge in [-0.2, -0.15) is 0 Å². The summed E-state index contributed by atoms with van der Waals surface area (Å²) in [5.41, 5.74) is 0.944. The number of carbonyl (C=O) groups is 3. The predicted molar refractivity (Wildman–Crippen MR) is 81.8 cm³/mol. The standard InChI is InChI=1S/C16H20N2O5/c1-10(16(21)22)17-15(20)12-7-14(19)18(9-12)8-11-3-5-13(23-2)6-4-11/h3-6,10,12H,7-9H2,1-2H3,(H,17,20)(H,21,22). The van der Waals surface area contributed by atoms with Crippen LogP contribution in [0, 0.1) is 5.92 Å². The monoisotopic (exact) mass is 320 g/mol. The fraction of sp³-hybridized carbons (Fsp3) is 0.438. The molecule has 1 aromatic carbocycles. The number of ether oxygens (including phenoxy) is 1. The molecule has 7 heteroatoms. The Kier molecular flexibility index (Phi) is 5.20. The molecule has 2 rings (SSSR count). The quantitative estimate of drug-likeness (QED) is 0.801. The van der Waals surface area contributed by atoms with Crippen LogP contribution >= 0.6 is 0 Å². The van der Waals surface area contributed by atoms with Gasteiger partial charge in [0.1, 0.15) is 11.8 Å². The third-order valence-corrected chi connectivity index (χ3v) is 3.85. The summed E-state index contributed by atoms with van der Waals surface area (Å²) in [6, 6.07) is 6.40. The molecule has 0 bridgehead atoms. The number of hydrogen-bond acceptors (Lipinski definition) is 4. The first-order valence-corrected chi connectivity index (χ1v) is 7.34. The van der Waals surface area contributed by atoms with Gasteiger partial charge in [0.15, 0.2) is 0 Å². The summed E-state index contributed by atoms with van der Waals surface area (Å²) < 4.78 is 5.08. The van der Waals surface area contributed by atoms with Crippen LogP contribution in [-0.4, -0.2) is 47.5 Å². The lowest BCUT2D eigenvalue weighted by Crippen LogP contribution is -2.42. The van der Waals surface area contributed by atoms with Gasteiger partial charge in [0.05, 0.1) is 13.0 Å². The Balaban J connectivity index is 1.93. The van der Waals surface area contributed by atoms with E-state index in [4.69, 9.17) is 9.84 Å². The molecule has 2 unspecified atom stereocenters. The lowest BCUT2D eigenvalue weighted by Gasteiger charge is -2.17. The molecule has 1 fully saturated rings. The molecule has 0 aliphatic carbocycles. The molecule has 1 aliphatic rings. The van der Waals surface area contributed by atoms with Gasteiger partial charge >= 0.3 is 5.97 Å². The maximum atomic E-state index is 12.0. The smallest absolute Gasteiger partial charge is 0.325 e. The molecule has 0 saturated carbocycles. The highest BCUT2D eigenvalue weighted by Gasteiger charge is 2.35. The van der Waals surface area contributed by atoms with Crippen LogP contribution in [0.4, 0.5) is 0 Å². The van der Waals surface area contributed by atoms with Gasteiger partial charge in [-0.15, -0.1) is 0 Å². The number of amides is 2. The molecule has 0 spiro atoms. The van der Waals surface area contributed by atoms with Crippen molar-refractivity contribution in [2.45, 2.75) is 25.9 Å². The van der Waals surface area contributed by atoms with Gasteiger partial charge in [-0.25, -0.2) is 0 Å². The molecule has 1 heterocycles. The molecular formula is C16H20N2O5. The van der Waals surface area contributed by atoms with Crippen LogP contribution in [0.1, 0.15) is 18.9 Å². The van der Waals surface area contributed by atoms with Crippen molar-refractivity contribution in [2.24, 2.45) is 5.92 Å². The van der Waals surface area contributed by atoms with Crippen LogP contribution < -0.4 is 10.1 Å². The molecule has 2 atom stereocenters. The molecule has 1 aromatic rings. The fourth-order valence-electron chi connectivity index (χ4n) is 2.44. The number of carboxylic acids is 1. The third-order valence-electron chi connectivity index (χ3n) is 3.85. The van der Waals surface area contributed by atoms with E-state index in [1.165, 1.54) is 6.92 Å². The average Bonchev–Trinajstić information content (AvgIpc) is 2.89. The van der Waals surface area contributed by atoms with E-state index in [2.05, 4.69) is 5.32 Å². The van der Waals surface area contributed by atoms with Crippen molar-refractivity contribution < 1.29 is 24.2 Å². The summed E-state index contributed by atoms with van der Waals surface area (Å²) in [5, 5.41) is 11.2. The highest BCUT2D eigenvalue weighted by Crippen LogP contribution is 2.21. The van der Waals surface area contributed by atoms with E-state index in [0.29, 0.717) is 13.1 Å². The van der Waals surface area contributed by atoms with Crippen LogP contribution in [0.3, 0.4) is 0 Å². The van der Waals surface area contributed by atoms with E-state index in [1.54, 1.807) is 12.0 Å². The van der Waals surface area contributed by atoms with Crippen LogP contribution in [0.25, 0.3) is 0 Å². The van der Waals surface area contributed by atoms with Crippen molar-refractivity contribution in [3.63, 3.8) is 0 Å². The van der Waals surface area contributed by atoms with Crippen molar-refractivity contribution in [2.75, 3.05) is 13.7 Å².